The topological polar surface area (TPSA) is 41.6 Å². The van der Waals surface area contributed by atoms with Crippen LogP contribution in [0.15, 0.2) is 18.2 Å². The quantitative estimate of drug-likeness (QED) is 0.912. The normalized spacial score (nSPS) is 24.2. The first-order chi connectivity index (χ1) is 9.67. The van der Waals surface area contributed by atoms with Crippen LogP contribution in [0.3, 0.4) is 0 Å². The fourth-order valence-corrected chi connectivity index (χ4v) is 3.26. The summed E-state index contributed by atoms with van der Waals surface area (Å²) in [6, 6.07) is 6.78. The first-order valence-electron chi connectivity index (χ1n) is 7.37. The van der Waals surface area contributed by atoms with Gasteiger partial charge < -0.3 is 15.0 Å². The summed E-state index contributed by atoms with van der Waals surface area (Å²) in [7, 11) is 1.64. The number of rotatable bonds is 2. The van der Waals surface area contributed by atoms with E-state index in [1.54, 1.807) is 7.11 Å². The lowest BCUT2D eigenvalue weighted by atomic mass is 10.1. The summed E-state index contributed by atoms with van der Waals surface area (Å²) >= 11 is 0. The van der Waals surface area contributed by atoms with Crippen LogP contribution in [-0.2, 0) is 0 Å². The average molecular weight is 311 g/mol. The summed E-state index contributed by atoms with van der Waals surface area (Å²) in [5.41, 5.74) is 1.78. The molecule has 2 unspecified atom stereocenters. The second-order valence-electron chi connectivity index (χ2n) is 5.86. The van der Waals surface area contributed by atoms with Crippen molar-refractivity contribution < 1.29 is 9.53 Å². The molecule has 2 heterocycles. The molecule has 2 saturated heterocycles. The number of carbonyl (C=O) groups is 1. The van der Waals surface area contributed by atoms with Crippen LogP contribution in [0, 0.1) is 6.92 Å². The molecule has 0 saturated carbocycles. The highest BCUT2D eigenvalue weighted by molar-refractivity contribution is 5.94. The van der Waals surface area contributed by atoms with Crippen molar-refractivity contribution >= 4 is 18.3 Å². The second-order valence-corrected chi connectivity index (χ2v) is 5.86. The minimum atomic E-state index is 0. The van der Waals surface area contributed by atoms with Crippen LogP contribution in [0.4, 0.5) is 0 Å². The zero-order valence-electron chi connectivity index (χ0n) is 12.6. The summed E-state index contributed by atoms with van der Waals surface area (Å²) in [5, 5.41) is 3.60. The highest BCUT2D eigenvalue weighted by Crippen LogP contribution is 2.24. The van der Waals surface area contributed by atoms with Crippen molar-refractivity contribution in [1.82, 2.24) is 10.2 Å². The molecule has 0 aromatic heterocycles. The fraction of sp³-hybridized carbons (Fsp3) is 0.562. The minimum absolute atomic E-state index is 0. The number of nitrogens with zero attached hydrogens (tertiary/aromatic N) is 1. The number of aryl methyl sites for hydroxylation is 1. The number of amides is 1. The van der Waals surface area contributed by atoms with Gasteiger partial charge in [-0.2, -0.15) is 0 Å². The Morgan fingerprint density at radius 3 is 2.81 bits per heavy atom. The highest BCUT2D eigenvalue weighted by Gasteiger charge is 2.31. The number of hydrogen-bond acceptors (Lipinski definition) is 3. The number of likely N-dealkylation sites (tertiary alicyclic amines) is 1. The van der Waals surface area contributed by atoms with E-state index in [0.29, 0.717) is 12.1 Å². The van der Waals surface area contributed by atoms with E-state index in [4.69, 9.17) is 4.74 Å². The van der Waals surface area contributed by atoms with Crippen molar-refractivity contribution in [1.29, 1.82) is 0 Å². The monoisotopic (exact) mass is 310 g/mol. The lowest BCUT2D eigenvalue weighted by Crippen LogP contribution is -2.39. The van der Waals surface area contributed by atoms with E-state index in [9.17, 15) is 4.79 Å². The Bertz CT molecular complexity index is 521. The van der Waals surface area contributed by atoms with E-state index in [-0.39, 0.29) is 18.3 Å². The van der Waals surface area contributed by atoms with Crippen molar-refractivity contribution in [2.24, 2.45) is 0 Å². The molecule has 1 aromatic carbocycles. The van der Waals surface area contributed by atoms with Gasteiger partial charge in [-0.15, -0.1) is 12.4 Å². The summed E-state index contributed by atoms with van der Waals surface area (Å²) in [5.74, 6) is 0.906. The molecule has 0 aliphatic carbocycles. The number of nitrogens with one attached hydrogen (secondary N) is 1. The molecule has 5 heteroatoms. The zero-order valence-corrected chi connectivity index (χ0v) is 13.4. The third-order valence-electron chi connectivity index (χ3n) is 4.47. The molecule has 2 atom stereocenters. The molecule has 2 aliphatic heterocycles. The molecule has 116 valence electrons. The van der Waals surface area contributed by atoms with Gasteiger partial charge in [0.1, 0.15) is 5.75 Å². The largest absolute Gasteiger partial charge is 0.496 e. The molecule has 3 rings (SSSR count). The Kier molecular flexibility index (Phi) is 5.12. The van der Waals surface area contributed by atoms with Crippen molar-refractivity contribution in [2.45, 2.75) is 38.3 Å². The maximum atomic E-state index is 12.7. The molecular weight excluding hydrogens is 288 g/mol. The third kappa shape index (κ3) is 3.33. The number of halogens is 1. The molecule has 1 aromatic rings. The van der Waals surface area contributed by atoms with Crippen molar-refractivity contribution in [3.05, 3.63) is 29.3 Å². The lowest BCUT2D eigenvalue weighted by Gasteiger charge is -2.24. The Balaban J connectivity index is 0.00000161. The highest BCUT2D eigenvalue weighted by atomic mass is 35.5. The maximum absolute atomic E-state index is 12.7. The fourth-order valence-electron chi connectivity index (χ4n) is 3.26. The van der Waals surface area contributed by atoms with Gasteiger partial charge in [0.2, 0.25) is 0 Å². The molecule has 2 fully saturated rings. The number of benzene rings is 1. The molecule has 1 amide bonds. The molecule has 4 nitrogen and oxygen atoms in total. The van der Waals surface area contributed by atoms with Crippen molar-refractivity contribution in [3.63, 3.8) is 0 Å². The van der Waals surface area contributed by atoms with Gasteiger partial charge in [0.05, 0.1) is 7.11 Å². The number of fused-ring (bicyclic) bond motifs is 2. The number of carbonyl (C=O) groups excluding carboxylic acids is 1. The van der Waals surface area contributed by atoms with Gasteiger partial charge in [0.15, 0.2) is 0 Å². The first kappa shape index (κ1) is 16.1. The zero-order chi connectivity index (χ0) is 14.1. The van der Waals surface area contributed by atoms with Crippen LogP contribution in [0.5, 0.6) is 5.75 Å². The summed E-state index contributed by atoms with van der Waals surface area (Å²) in [4.78, 5) is 14.6. The van der Waals surface area contributed by atoms with E-state index in [1.807, 2.05) is 30.0 Å². The Morgan fingerprint density at radius 1 is 1.29 bits per heavy atom. The van der Waals surface area contributed by atoms with Gasteiger partial charge in [-0.05, 0) is 43.9 Å². The Morgan fingerprint density at radius 2 is 2.05 bits per heavy atom. The van der Waals surface area contributed by atoms with Gasteiger partial charge >= 0.3 is 0 Å². The van der Waals surface area contributed by atoms with Crippen LogP contribution in [0.1, 0.15) is 35.2 Å². The molecule has 0 radical (unpaired) electrons. The van der Waals surface area contributed by atoms with E-state index < -0.39 is 0 Å². The van der Waals surface area contributed by atoms with Gasteiger partial charge in [-0.1, -0.05) is 6.07 Å². The number of hydrogen-bond donors (Lipinski definition) is 1. The molecular formula is C16H23ClN2O2. The second kappa shape index (κ2) is 6.67. The Labute approximate surface area is 132 Å². The van der Waals surface area contributed by atoms with Gasteiger partial charge in [-0.25, -0.2) is 0 Å². The standard InChI is InChI=1S/C16H22N2O2.ClH/c1-11-3-4-12(9-15(11)20-2)16(19)18-8-7-13-5-6-14(10-18)17-13;/h3-4,9,13-14,17H,5-8,10H2,1-2H3;1H. The van der Waals surface area contributed by atoms with Gasteiger partial charge in [0.25, 0.3) is 5.91 Å². The predicted octanol–water partition coefficient (Wildman–Crippen LogP) is 2.39. The molecule has 21 heavy (non-hydrogen) atoms. The number of ether oxygens (including phenoxy) is 1. The number of methoxy groups -OCH3 is 1. The summed E-state index contributed by atoms with van der Waals surface area (Å²) in [6.07, 6.45) is 3.50. The van der Waals surface area contributed by atoms with E-state index >= 15 is 0 Å². The summed E-state index contributed by atoms with van der Waals surface area (Å²) in [6.45, 7) is 3.66. The van der Waals surface area contributed by atoms with Crippen LogP contribution in [0.25, 0.3) is 0 Å². The average Bonchev–Trinajstić information content (AvgIpc) is 2.78. The Hall–Kier alpha value is -1.26. The van der Waals surface area contributed by atoms with Crippen LogP contribution in [-0.4, -0.2) is 43.1 Å². The van der Waals surface area contributed by atoms with E-state index in [2.05, 4.69) is 5.32 Å². The van der Waals surface area contributed by atoms with E-state index in [0.717, 1.165) is 36.4 Å². The molecule has 2 bridgehead atoms. The first-order valence-corrected chi connectivity index (χ1v) is 7.37. The van der Waals surface area contributed by atoms with Crippen LogP contribution < -0.4 is 10.1 Å². The summed E-state index contributed by atoms with van der Waals surface area (Å²) < 4.78 is 5.31. The smallest absolute Gasteiger partial charge is 0.254 e. The van der Waals surface area contributed by atoms with Crippen LogP contribution >= 0.6 is 12.4 Å². The minimum Gasteiger partial charge on any atom is -0.496 e. The van der Waals surface area contributed by atoms with Crippen molar-refractivity contribution in [3.8, 4) is 5.75 Å². The van der Waals surface area contributed by atoms with Crippen molar-refractivity contribution in [2.75, 3.05) is 20.2 Å². The van der Waals surface area contributed by atoms with Gasteiger partial charge in [0, 0.05) is 30.7 Å². The molecule has 2 aliphatic rings. The molecule has 1 N–H and O–H groups in total. The van der Waals surface area contributed by atoms with Gasteiger partial charge in [-0.3, -0.25) is 4.79 Å². The van der Waals surface area contributed by atoms with Crippen LogP contribution in [0.2, 0.25) is 0 Å². The third-order valence-corrected chi connectivity index (χ3v) is 4.47. The lowest BCUT2D eigenvalue weighted by molar-refractivity contribution is 0.0748. The predicted molar refractivity (Wildman–Crippen MR) is 85.4 cm³/mol. The van der Waals surface area contributed by atoms with E-state index in [1.165, 1.54) is 12.8 Å². The maximum Gasteiger partial charge on any atom is 0.254 e. The molecule has 0 spiro atoms. The SMILES string of the molecule is COc1cc(C(=O)N2CCC3CCC(C2)N3)ccc1C.Cl.